The van der Waals surface area contributed by atoms with Crippen molar-refractivity contribution >= 4 is 11.5 Å². The quantitative estimate of drug-likeness (QED) is 0.638. The first kappa shape index (κ1) is 8.63. The van der Waals surface area contributed by atoms with Gasteiger partial charge in [-0.2, -0.15) is 0 Å². The van der Waals surface area contributed by atoms with Gasteiger partial charge in [-0.1, -0.05) is 36.4 Å². The summed E-state index contributed by atoms with van der Waals surface area (Å²) in [6.45, 7) is 0. The molecule has 2 nitrogen and oxygen atoms in total. The van der Waals surface area contributed by atoms with Crippen molar-refractivity contribution in [2.24, 2.45) is 0 Å². The molecule has 0 aliphatic heterocycles. The summed E-state index contributed by atoms with van der Waals surface area (Å²) in [5.41, 5.74) is 1.13. The number of aliphatic hydroxyl groups excluding tert-OH is 1. The van der Waals surface area contributed by atoms with Crippen molar-refractivity contribution < 1.29 is 10.2 Å². The number of allylic oxidation sites excluding steroid dienone is 4. The normalized spacial score (nSPS) is 13.6. The van der Waals surface area contributed by atoms with Crippen LogP contribution in [0.2, 0.25) is 0 Å². The molecule has 0 atom stereocenters. The largest absolute Gasteiger partial charge is 0.481 e. The van der Waals surface area contributed by atoms with Gasteiger partial charge in [-0.25, -0.2) is 0 Å². The Morgan fingerprint density at radius 3 is 1.93 bits per heavy atom. The highest BCUT2D eigenvalue weighted by Gasteiger charge is 1.93. The fraction of sp³-hybridized carbons (Fsp3) is 0. The van der Waals surface area contributed by atoms with E-state index in [1.54, 1.807) is 12.1 Å². The summed E-state index contributed by atoms with van der Waals surface area (Å²) >= 11 is 0. The van der Waals surface area contributed by atoms with Gasteiger partial charge in [0.15, 0.2) is 0 Å². The van der Waals surface area contributed by atoms with Crippen molar-refractivity contribution in [1.82, 2.24) is 0 Å². The van der Waals surface area contributed by atoms with Gasteiger partial charge in [-0.15, -0.1) is 0 Å². The van der Waals surface area contributed by atoms with E-state index >= 15 is 0 Å². The van der Waals surface area contributed by atoms with E-state index in [1.165, 1.54) is 0 Å². The number of hydrogen-bond donors (Lipinski definition) is 2. The highest BCUT2D eigenvalue weighted by atomic mass is 16.5. The summed E-state index contributed by atoms with van der Waals surface area (Å²) in [5.74, 6) is -0.640. The highest BCUT2D eigenvalue weighted by molar-refractivity contribution is 5.71. The number of rotatable bonds is 0. The Labute approximate surface area is 81.4 Å². The van der Waals surface area contributed by atoms with Crippen LogP contribution in [0.15, 0.2) is 48.6 Å². The first-order chi connectivity index (χ1) is 6.77. The van der Waals surface area contributed by atoms with Gasteiger partial charge in [0.05, 0.1) is 5.22 Å². The van der Waals surface area contributed by atoms with Crippen molar-refractivity contribution in [2.75, 3.05) is 0 Å². The lowest BCUT2D eigenvalue weighted by molar-refractivity contribution is 0.298. The molecule has 70 valence electrons. The van der Waals surface area contributed by atoms with E-state index in [2.05, 4.69) is 0 Å². The Kier molecular flexibility index (Phi) is 2.11. The van der Waals surface area contributed by atoms with E-state index in [4.69, 9.17) is 10.2 Å². The average molecular weight is 186 g/mol. The molecule has 0 fully saturated rings. The second-order valence-electron chi connectivity index (χ2n) is 3.07. The molecule has 2 rings (SSSR count). The van der Waals surface area contributed by atoms with Crippen molar-refractivity contribution in [3.63, 3.8) is 0 Å². The van der Waals surface area contributed by atoms with E-state index in [-0.39, 0.29) is 0 Å². The predicted molar refractivity (Wildman–Crippen MR) is 56.0 cm³/mol. The summed E-state index contributed by atoms with van der Waals surface area (Å²) in [6, 6.07) is 7.07. The molecule has 2 N–H and O–H groups in total. The minimum absolute atomic E-state index is 0.431. The molecule has 0 saturated carbocycles. The van der Waals surface area contributed by atoms with Crippen molar-refractivity contribution in [2.45, 2.75) is 0 Å². The molecule has 0 spiro atoms. The summed E-state index contributed by atoms with van der Waals surface area (Å²) < 4.78 is 0. The molecule has 1 aliphatic carbocycles. The van der Waals surface area contributed by atoms with Crippen LogP contribution in [-0.4, -0.2) is 10.2 Å². The molecule has 0 amide bonds. The van der Waals surface area contributed by atoms with Crippen molar-refractivity contribution in [3.8, 4) is 0 Å². The number of benzene rings is 1. The van der Waals surface area contributed by atoms with Gasteiger partial charge in [0.25, 0.3) is 5.95 Å². The molecular weight excluding hydrogens is 176 g/mol. The first-order valence-corrected chi connectivity index (χ1v) is 4.35. The van der Waals surface area contributed by atoms with Crippen LogP contribution in [0, 0.1) is 0 Å². The minimum atomic E-state index is -0.640. The van der Waals surface area contributed by atoms with E-state index in [0.717, 1.165) is 10.8 Å². The van der Waals surface area contributed by atoms with Gasteiger partial charge in [0.2, 0.25) is 0 Å². The van der Waals surface area contributed by atoms with Crippen LogP contribution >= 0.6 is 0 Å². The number of aliphatic hydroxyl groups is 2. The maximum Gasteiger partial charge on any atom is 0.281 e. The third-order valence-corrected chi connectivity index (χ3v) is 2.14. The average Bonchev–Trinajstić information content (AvgIpc) is 2.71. The Morgan fingerprint density at radius 2 is 1.43 bits per heavy atom. The maximum absolute atomic E-state index is 8.82. The summed E-state index contributed by atoms with van der Waals surface area (Å²) in [7, 11) is 0. The topological polar surface area (TPSA) is 40.5 Å². The summed E-state index contributed by atoms with van der Waals surface area (Å²) in [5, 5.41) is 19.1. The van der Waals surface area contributed by atoms with Crippen LogP contribution in [0.5, 0.6) is 0 Å². The maximum atomic E-state index is 8.82. The van der Waals surface area contributed by atoms with Gasteiger partial charge in [-0.05, 0) is 22.9 Å². The number of hydrogen-bond acceptors (Lipinski definition) is 2. The molecule has 0 saturated heterocycles. The Morgan fingerprint density at radius 1 is 0.857 bits per heavy atom. The second kappa shape index (κ2) is 3.42. The van der Waals surface area contributed by atoms with E-state index in [0.29, 0.717) is 5.22 Å². The van der Waals surface area contributed by atoms with Gasteiger partial charge in [-0.3, -0.25) is 0 Å². The molecule has 1 aromatic carbocycles. The standard InChI is InChI=1S/C12H10O2/c13-12(14)11-7-5-10(6-8-11)9-3-1-2-4-9/h1-8,13-14H. The Bertz CT molecular complexity index is 480. The predicted octanol–water partition coefficient (Wildman–Crippen LogP) is 1.15. The van der Waals surface area contributed by atoms with E-state index in [1.807, 2.05) is 36.4 Å². The Balaban J connectivity index is 2.61. The molecule has 0 radical (unpaired) electrons. The lowest BCUT2D eigenvalue weighted by Gasteiger charge is -1.92. The van der Waals surface area contributed by atoms with Gasteiger partial charge in [0.1, 0.15) is 0 Å². The summed E-state index contributed by atoms with van der Waals surface area (Å²) in [6.07, 6.45) is 7.97. The van der Waals surface area contributed by atoms with Crippen LogP contribution < -0.4 is 10.4 Å². The van der Waals surface area contributed by atoms with Crippen LogP contribution in [0.3, 0.4) is 0 Å². The lowest BCUT2D eigenvalue weighted by atomic mass is 10.2. The molecule has 1 aliphatic rings. The fourth-order valence-electron chi connectivity index (χ4n) is 1.38. The molecule has 1 aromatic rings. The third-order valence-electron chi connectivity index (χ3n) is 2.14. The van der Waals surface area contributed by atoms with Crippen molar-refractivity contribution in [3.05, 3.63) is 59.0 Å². The van der Waals surface area contributed by atoms with E-state index < -0.39 is 5.95 Å². The zero-order valence-corrected chi connectivity index (χ0v) is 7.51. The molecular formula is C12H10O2. The minimum Gasteiger partial charge on any atom is -0.481 e. The molecule has 0 bridgehead atoms. The Hall–Kier alpha value is -1.96. The molecule has 14 heavy (non-hydrogen) atoms. The SMILES string of the molecule is OC(O)=c1ccc(=C2C=CC=C2)cc1. The smallest absolute Gasteiger partial charge is 0.281 e. The molecule has 0 unspecified atom stereocenters. The monoisotopic (exact) mass is 186 g/mol. The molecule has 0 heterocycles. The third kappa shape index (κ3) is 1.55. The van der Waals surface area contributed by atoms with Gasteiger partial charge < -0.3 is 10.2 Å². The first-order valence-electron chi connectivity index (χ1n) is 4.35. The zero-order chi connectivity index (χ0) is 9.97. The van der Waals surface area contributed by atoms with E-state index in [9.17, 15) is 0 Å². The molecule has 2 heteroatoms. The lowest BCUT2D eigenvalue weighted by Crippen LogP contribution is -2.11. The van der Waals surface area contributed by atoms with Gasteiger partial charge >= 0.3 is 0 Å². The second-order valence-corrected chi connectivity index (χ2v) is 3.07. The van der Waals surface area contributed by atoms with Crippen molar-refractivity contribution in [1.29, 1.82) is 0 Å². The highest BCUT2D eigenvalue weighted by Crippen LogP contribution is 2.05. The van der Waals surface area contributed by atoms with Crippen LogP contribution in [0.25, 0.3) is 11.5 Å². The van der Waals surface area contributed by atoms with Crippen LogP contribution in [-0.2, 0) is 0 Å². The van der Waals surface area contributed by atoms with Gasteiger partial charge in [0, 0.05) is 0 Å². The zero-order valence-electron chi connectivity index (χ0n) is 7.51. The van der Waals surface area contributed by atoms with Crippen LogP contribution in [0.4, 0.5) is 0 Å². The molecule has 0 aromatic heterocycles. The summed E-state index contributed by atoms with van der Waals surface area (Å²) in [4.78, 5) is 0. The fourth-order valence-corrected chi connectivity index (χ4v) is 1.38. The van der Waals surface area contributed by atoms with Crippen LogP contribution in [0.1, 0.15) is 0 Å².